The molecule has 1 heterocycles. The highest BCUT2D eigenvalue weighted by Crippen LogP contribution is 2.41. The van der Waals surface area contributed by atoms with Crippen molar-refractivity contribution in [3.8, 4) is 0 Å². The first-order valence-corrected chi connectivity index (χ1v) is 6.92. The number of aromatic nitrogens is 2. The van der Waals surface area contributed by atoms with Crippen molar-refractivity contribution < 1.29 is 4.74 Å². The maximum atomic E-state index is 6.18. The summed E-state index contributed by atoms with van der Waals surface area (Å²) >= 11 is 6.18. The summed E-state index contributed by atoms with van der Waals surface area (Å²) in [5, 5.41) is 0.549. The smallest absolute Gasteiger partial charge is 0.162 e. The number of hydrogen-bond acceptors (Lipinski definition) is 3. The van der Waals surface area contributed by atoms with Crippen molar-refractivity contribution in [2.24, 2.45) is 5.92 Å². The summed E-state index contributed by atoms with van der Waals surface area (Å²) in [6, 6.07) is 0. The fraction of sp³-hybridized carbons (Fsp3) is 0.714. The number of aryl methyl sites for hydroxylation is 1. The molecule has 0 atom stereocenters. The van der Waals surface area contributed by atoms with E-state index in [-0.39, 0.29) is 5.60 Å². The number of hydrogen-bond donors (Lipinski definition) is 0. The maximum absolute atomic E-state index is 6.18. The lowest BCUT2D eigenvalue weighted by atomic mass is 9.79. The van der Waals surface area contributed by atoms with E-state index in [1.54, 1.807) is 7.11 Å². The van der Waals surface area contributed by atoms with Crippen molar-refractivity contribution in [1.29, 1.82) is 0 Å². The fourth-order valence-corrected chi connectivity index (χ4v) is 2.76. The van der Waals surface area contributed by atoms with Crippen LogP contribution in [-0.4, -0.2) is 17.1 Å². The lowest BCUT2D eigenvalue weighted by molar-refractivity contribution is -0.0598. The van der Waals surface area contributed by atoms with Crippen LogP contribution in [0.4, 0.5) is 0 Å². The Hall–Kier alpha value is -0.670. The summed E-state index contributed by atoms with van der Waals surface area (Å²) in [7, 11) is 1.75. The Balaban J connectivity index is 2.39. The van der Waals surface area contributed by atoms with Gasteiger partial charge in [0.1, 0.15) is 10.8 Å². The van der Waals surface area contributed by atoms with Crippen LogP contribution >= 0.6 is 11.6 Å². The molecular formula is C14H21ClN2O. The summed E-state index contributed by atoms with van der Waals surface area (Å²) in [4.78, 5) is 9.06. The first kappa shape index (κ1) is 13.8. The lowest BCUT2D eigenvalue weighted by Gasteiger charge is -2.37. The topological polar surface area (TPSA) is 35.0 Å². The van der Waals surface area contributed by atoms with Gasteiger partial charge in [0, 0.05) is 18.4 Å². The standard InChI is InChI=1S/C14H21ClN2O/c1-9-5-7-14(18-4,8-6-9)13-16-11(3)10(2)12(15)17-13/h9H,5-8H2,1-4H3. The Morgan fingerprint density at radius 1 is 1.22 bits per heavy atom. The Morgan fingerprint density at radius 3 is 2.33 bits per heavy atom. The van der Waals surface area contributed by atoms with Crippen LogP contribution in [0.3, 0.4) is 0 Å². The van der Waals surface area contributed by atoms with E-state index in [9.17, 15) is 0 Å². The van der Waals surface area contributed by atoms with E-state index in [1.807, 2.05) is 13.8 Å². The van der Waals surface area contributed by atoms with Crippen LogP contribution in [0.15, 0.2) is 0 Å². The van der Waals surface area contributed by atoms with Gasteiger partial charge in [0.15, 0.2) is 5.82 Å². The van der Waals surface area contributed by atoms with Gasteiger partial charge in [-0.25, -0.2) is 9.97 Å². The van der Waals surface area contributed by atoms with Crippen LogP contribution in [-0.2, 0) is 10.3 Å². The summed E-state index contributed by atoms with van der Waals surface area (Å²) in [5.41, 5.74) is 1.56. The van der Waals surface area contributed by atoms with Gasteiger partial charge in [-0.05, 0) is 45.4 Å². The van der Waals surface area contributed by atoms with Crippen molar-refractivity contribution in [3.05, 3.63) is 22.2 Å². The molecule has 4 heteroatoms. The number of ether oxygens (including phenoxy) is 1. The summed E-state index contributed by atoms with van der Waals surface area (Å²) in [6.07, 6.45) is 4.26. The minimum atomic E-state index is -0.339. The van der Waals surface area contributed by atoms with Crippen LogP contribution in [0.2, 0.25) is 5.15 Å². The third kappa shape index (κ3) is 2.39. The van der Waals surface area contributed by atoms with E-state index in [1.165, 1.54) is 0 Å². The summed E-state index contributed by atoms with van der Waals surface area (Å²) in [6.45, 7) is 6.21. The van der Waals surface area contributed by atoms with E-state index < -0.39 is 0 Å². The van der Waals surface area contributed by atoms with Crippen LogP contribution in [0, 0.1) is 19.8 Å². The van der Waals surface area contributed by atoms with Crippen molar-refractivity contribution in [3.63, 3.8) is 0 Å². The minimum absolute atomic E-state index is 0.339. The van der Waals surface area contributed by atoms with E-state index in [4.69, 9.17) is 16.3 Å². The van der Waals surface area contributed by atoms with Crippen molar-refractivity contribution in [2.45, 2.75) is 52.1 Å². The van der Waals surface area contributed by atoms with Gasteiger partial charge in [0.2, 0.25) is 0 Å². The van der Waals surface area contributed by atoms with Crippen molar-refractivity contribution in [2.75, 3.05) is 7.11 Å². The highest BCUT2D eigenvalue weighted by molar-refractivity contribution is 6.30. The molecule has 0 saturated heterocycles. The first-order valence-electron chi connectivity index (χ1n) is 6.55. The van der Waals surface area contributed by atoms with Crippen LogP contribution in [0.25, 0.3) is 0 Å². The first-order chi connectivity index (χ1) is 8.48. The molecule has 0 spiro atoms. The highest BCUT2D eigenvalue weighted by Gasteiger charge is 2.39. The molecule has 0 aromatic carbocycles. The quantitative estimate of drug-likeness (QED) is 0.766. The van der Waals surface area contributed by atoms with Gasteiger partial charge < -0.3 is 4.74 Å². The zero-order chi connectivity index (χ0) is 13.3. The normalized spacial score (nSPS) is 28.4. The van der Waals surface area contributed by atoms with Gasteiger partial charge in [-0.2, -0.15) is 0 Å². The molecule has 2 rings (SSSR count). The Bertz CT molecular complexity index is 416. The SMILES string of the molecule is COC1(c2nc(C)c(C)c(Cl)n2)CCC(C)CC1. The number of nitrogens with zero attached hydrogens (tertiary/aromatic N) is 2. The predicted octanol–water partition coefficient (Wildman–Crippen LogP) is 3.80. The molecule has 100 valence electrons. The number of rotatable bonds is 2. The fourth-order valence-electron chi connectivity index (χ4n) is 2.55. The molecule has 1 aliphatic carbocycles. The molecule has 0 aliphatic heterocycles. The van der Waals surface area contributed by atoms with Crippen LogP contribution in [0.5, 0.6) is 0 Å². The molecule has 0 amide bonds. The van der Waals surface area contributed by atoms with Gasteiger partial charge in [0.05, 0.1) is 0 Å². The largest absolute Gasteiger partial charge is 0.370 e. The molecule has 0 N–H and O–H groups in total. The van der Waals surface area contributed by atoms with Gasteiger partial charge >= 0.3 is 0 Å². The van der Waals surface area contributed by atoms with Crippen LogP contribution in [0.1, 0.15) is 49.7 Å². The van der Waals surface area contributed by atoms with E-state index in [0.717, 1.165) is 48.7 Å². The second-order valence-electron chi connectivity index (χ2n) is 5.43. The van der Waals surface area contributed by atoms with E-state index >= 15 is 0 Å². The van der Waals surface area contributed by atoms with Crippen LogP contribution < -0.4 is 0 Å². The lowest BCUT2D eigenvalue weighted by Crippen LogP contribution is -2.35. The molecule has 0 bridgehead atoms. The van der Waals surface area contributed by atoms with Crippen molar-refractivity contribution in [1.82, 2.24) is 9.97 Å². The van der Waals surface area contributed by atoms with Gasteiger partial charge in [0.25, 0.3) is 0 Å². The molecule has 1 saturated carbocycles. The molecule has 1 aromatic rings. The minimum Gasteiger partial charge on any atom is -0.370 e. The molecule has 1 aliphatic rings. The monoisotopic (exact) mass is 268 g/mol. The average molecular weight is 269 g/mol. The Labute approximate surface area is 114 Å². The molecule has 1 fully saturated rings. The van der Waals surface area contributed by atoms with Gasteiger partial charge in [-0.1, -0.05) is 18.5 Å². The number of methoxy groups -OCH3 is 1. The number of halogens is 1. The second-order valence-corrected chi connectivity index (χ2v) is 5.79. The summed E-state index contributed by atoms with van der Waals surface area (Å²) in [5.74, 6) is 1.51. The average Bonchev–Trinajstić information content (AvgIpc) is 2.37. The molecule has 18 heavy (non-hydrogen) atoms. The highest BCUT2D eigenvalue weighted by atomic mass is 35.5. The second kappa shape index (κ2) is 5.14. The predicted molar refractivity (Wildman–Crippen MR) is 72.8 cm³/mol. The van der Waals surface area contributed by atoms with E-state index in [2.05, 4.69) is 16.9 Å². The van der Waals surface area contributed by atoms with Crippen molar-refractivity contribution >= 4 is 11.6 Å². The third-order valence-corrected chi connectivity index (χ3v) is 4.58. The van der Waals surface area contributed by atoms with Gasteiger partial charge in [-0.3, -0.25) is 0 Å². The molecule has 3 nitrogen and oxygen atoms in total. The third-order valence-electron chi connectivity index (χ3n) is 4.21. The molecule has 0 radical (unpaired) electrons. The zero-order valence-electron chi connectivity index (χ0n) is 11.6. The van der Waals surface area contributed by atoms with E-state index in [0.29, 0.717) is 5.15 Å². The zero-order valence-corrected chi connectivity index (χ0v) is 12.3. The Morgan fingerprint density at radius 2 is 1.83 bits per heavy atom. The summed E-state index contributed by atoms with van der Waals surface area (Å²) < 4.78 is 5.78. The maximum Gasteiger partial charge on any atom is 0.162 e. The van der Waals surface area contributed by atoms with Gasteiger partial charge in [-0.15, -0.1) is 0 Å². The molecule has 0 unspecified atom stereocenters. The Kier molecular flexibility index (Phi) is 3.93. The molecular weight excluding hydrogens is 248 g/mol. The molecule has 1 aromatic heterocycles.